The van der Waals surface area contributed by atoms with E-state index in [4.69, 9.17) is 0 Å². The Morgan fingerprint density at radius 3 is 2.63 bits per heavy atom. The summed E-state index contributed by atoms with van der Waals surface area (Å²) < 4.78 is 0. The monoisotopic (exact) mass is 269 g/mol. The quantitative estimate of drug-likeness (QED) is 0.699. The summed E-state index contributed by atoms with van der Waals surface area (Å²) in [4.78, 5) is 25.2. The van der Waals surface area contributed by atoms with E-state index >= 15 is 0 Å². The number of amides is 2. The number of hydrogen-bond acceptors (Lipinski definition) is 3. The first-order chi connectivity index (χ1) is 9.07. The van der Waals surface area contributed by atoms with Crippen molar-refractivity contribution in [3.63, 3.8) is 0 Å². The molecule has 1 aliphatic heterocycles. The second kappa shape index (κ2) is 5.77. The van der Waals surface area contributed by atoms with Crippen LogP contribution >= 0.6 is 0 Å². The molecule has 0 bridgehead atoms. The van der Waals surface area contributed by atoms with Gasteiger partial charge in [0.25, 0.3) is 0 Å². The zero-order valence-electron chi connectivity index (χ0n) is 11.4. The van der Waals surface area contributed by atoms with Gasteiger partial charge in [-0.25, -0.2) is 9.59 Å². The number of carboxylic acid groups (broad SMARTS) is 1. The van der Waals surface area contributed by atoms with Crippen LogP contribution in [0.1, 0.15) is 32.1 Å². The molecule has 6 heteroatoms. The third kappa shape index (κ3) is 3.00. The second-order valence-electron chi connectivity index (χ2n) is 5.68. The minimum absolute atomic E-state index is 0.220. The van der Waals surface area contributed by atoms with E-state index in [-0.39, 0.29) is 6.03 Å². The molecule has 3 N–H and O–H groups in total. The molecule has 1 saturated carbocycles. The van der Waals surface area contributed by atoms with Gasteiger partial charge in [0.15, 0.2) is 0 Å². The summed E-state index contributed by atoms with van der Waals surface area (Å²) in [6.07, 6.45) is 4.06. The molecule has 0 aromatic carbocycles. The van der Waals surface area contributed by atoms with Crippen LogP contribution in [0.3, 0.4) is 0 Å². The van der Waals surface area contributed by atoms with Gasteiger partial charge < -0.3 is 20.6 Å². The van der Waals surface area contributed by atoms with Gasteiger partial charge in [-0.1, -0.05) is 0 Å². The summed E-state index contributed by atoms with van der Waals surface area (Å²) in [6.45, 7) is 2.33. The van der Waals surface area contributed by atoms with Crippen LogP contribution in [0.15, 0.2) is 0 Å². The Labute approximate surface area is 113 Å². The lowest BCUT2D eigenvalue weighted by atomic mass is 9.77. The SMILES string of the molecule is CNCC1CCCN(C(=O)NC2(C(=O)O)CCC2)C1. The first-order valence-corrected chi connectivity index (χ1v) is 7.02. The lowest BCUT2D eigenvalue weighted by Crippen LogP contribution is -2.62. The van der Waals surface area contributed by atoms with Crippen LogP contribution in [-0.4, -0.2) is 54.2 Å². The smallest absolute Gasteiger partial charge is 0.329 e. The van der Waals surface area contributed by atoms with Crippen molar-refractivity contribution in [2.75, 3.05) is 26.7 Å². The van der Waals surface area contributed by atoms with Gasteiger partial charge in [0.1, 0.15) is 5.54 Å². The number of carbonyl (C=O) groups excluding carboxylic acids is 1. The van der Waals surface area contributed by atoms with Gasteiger partial charge >= 0.3 is 12.0 Å². The summed E-state index contributed by atoms with van der Waals surface area (Å²) in [5.41, 5.74) is -1.01. The minimum Gasteiger partial charge on any atom is -0.480 e. The van der Waals surface area contributed by atoms with Crippen LogP contribution in [0, 0.1) is 5.92 Å². The third-order valence-corrected chi connectivity index (χ3v) is 4.26. The fourth-order valence-corrected chi connectivity index (χ4v) is 2.91. The fraction of sp³-hybridized carbons (Fsp3) is 0.846. The largest absolute Gasteiger partial charge is 0.480 e. The van der Waals surface area contributed by atoms with Crippen molar-refractivity contribution in [3.8, 4) is 0 Å². The average molecular weight is 269 g/mol. The molecule has 1 unspecified atom stereocenters. The lowest BCUT2D eigenvalue weighted by Gasteiger charge is -2.41. The molecule has 1 aliphatic carbocycles. The Morgan fingerprint density at radius 2 is 2.11 bits per heavy atom. The maximum absolute atomic E-state index is 12.2. The van der Waals surface area contributed by atoms with E-state index < -0.39 is 11.5 Å². The molecule has 0 radical (unpaired) electrons. The van der Waals surface area contributed by atoms with Crippen molar-refractivity contribution in [2.24, 2.45) is 5.92 Å². The zero-order chi connectivity index (χ0) is 13.9. The normalized spacial score (nSPS) is 25.5. The van der Waals surface area contributed by atoms with Crippen molar-refractivity contribution in [3.05, 3.63) is 0 Å². The predicted molar refractivity (Wildman–Crippen MR) is 71.0 cm³/mol. The molecule has 2 amide bonds. The number of carboxylic acids is 1. The number of aliphatic carboxylic acids is 1. The highest BCUT2D eigenvalue weighted by atomic mass is 16.4. The molecular weight excluding hydrogens is 246 g/mol. The Kier molecular flexibility index (Phi) is 4.29. The summed E-state index contributed by atoms with van der Waals surface area (Å²) in [6, 6.07) is -0.220. The Hall–Kier alpha value is -1.30. The fourth-order valence-electron chi connectivity index (χ4n) is 2.91. The Balaban J connectivity index is 1.90. The number of nitrogens with zero attached hydrogens (tertiary/aromatic N) is 1. The van der Waals surface area contributed by atoms with Crippen molar-refractivity contribution in [1.82, 2.24) is 15.5 Å². The molecule has 1 saturated heterocycles. The van der Waals surface area contributed by atoms with E-state index in [0.29, 0.717) is 25.3 Å². The number of rotatable bonds is 4. The van der Waals surface area contributed by atoms with Gasteiger partial charge in [-0.05, 0) is 51.6 Å². The number of urea groups is 1. The van der Waals surface area contributed by atoms with Crippen molar-refractivity contribution < 1.29 is 14.7 Å². The number of hydrogen-bond donors (Lipinski definition) is 3. The molecule has 1 heterocycles. The predicted octanol–water partition coefficient (Wildman–Crippen LogP) is 0.635. The van der Waals surface area contributed by atoms with Gasteiger partial charge in [-0.15, -0.1) is 0 Å². The molecule has 2 rings (SSSR count). The maximum atomic E-state index is 12.2. The number of nitrogens with one attached hydrogen (secondary N) is 2. The highest BCUT2D eigenvalue weighted by Gasteiger charge is 2.46. The molecule has 19 heavy (non-hydrogen) atoms. The summed E-state index contributed by atoms with van der Waals surface area (Å²) in [7, 11) is 1.91. The zero-order valence-corrected chi connectivity index (χ0v) is 11.4. The minimum atomic E-state index is -1.01. The molecule has 108 valence electrons. The van der Waals surface area contributed by atoms with Crippen LogP contribution in [0.2, 0.25) is 0 Å². The molecule has 2 aliphatic rings. The molecule has 0 aromatic heterocycles. The van der Waals surface area contributed by atoms with Gasteiger partial charge in [0.05, 0.1) is 0 Å². The van der Waals surface area contributed by atoms with E-state index in [9.17, 15) is 14.7 Å². The first kappa shape index (κ1) is 14.1. The Morgan fingerprint density at radius 1 is 1.37 bits per heavy atom. The summed E-state index contributed by atoms with van der Waals surface area (Å²) >= 11 is 0. The summed E-state index contributed by atoms with van der Waals surface area (Å²) in [5.74, 6) is -0.442. The highest BCUT2D eigenvalue weighted by molar-refractivity contribution is 5.87. The van der Waals surface area contributed by atoms with Crippen molar-refractivity contribution in [1.29, 1.82) is 0 Å². The van der Waals surface area contributed by atoms with Crippen LogP contribution in [0.5, 0.6) is 0 Å². The molecule has 1 atom stereocenters. The van der Waals surface area contributed by atoms with E-state index in [1.54, 1.807) is 4.90 Å². The molecule has 6 nitrogen and oxygen atoms in total. The van der Waals surface area contributed by atoms with E-state index in [0.717, 1.165) is 32.4 Å². The van der Waals surface area contributed by atoms with E-state index in [2.05, 4.69) is 10.6 Å². The lowest BCUT2D eigenvalue weighted by molar-refractivity contribution is -0.148. The molecular formula is C13H23N3O3. The van der Waals surface area contributed by atoms with Gasteiger partial charge in [-0.3, -0.25) is 0 Å². The average Bonchev–Trinajstić information content (AvgIpc) is 2.34. The maximum Gasteiger partial charge on any atom is 0.329 e. The molecule has 0 aromatic rings. The topological polar surface area (TPSA) is 81.7 Å². The van der Waals surface area contributed by atoms with Crippen LogP contribution in [-0.2, 0) is 4.79 Å². The van der Waals surface area contributed by atoms with Crippen molar-refractivity contribution in [2.45, 2.75) is 37.6 Å². The van der Waals surface area contributed by atoms with Crippen molar-refractivity contribution >= 4 is 12.0 Å². The van der Waals surface area contributed by atoms with E-state index in [1.807, 2.05) is 7.05 Å². The second-order valence-corrected chi connectivity index (χ2v) is 5.68. The number of carbonyl (C=O) groups is 2. The molecule has 2 fully saturated rings. The number of likely N-dealkylation sites (tertiary alicyclic amines) is 1. The molecule has 0 spiro atoms. The standard InChI is InChI=1S/C13H23N3O3/c1-14-8-10-4-2-7-16(9-10)12(19)15-13(11(17)18)5-3-6-13/h10,14H,2-9H2,1H3,(H,15,19)(H,17,18). The van der Waals surface area contributed by atoms with Gasteiger partial charge in [0.2, 0.25) is 0 Å². The van der Waals surface area contributed by atoms with Crippen LogP contribution in [0.25, 0.3) is 0 Å². The van der Waals surface area contributed by atoms with Crippen LogP contribution < -0.4 is 10.6 Å². The number of piperidine rings is 1. The van der Waals surface area contributed by atoms with Gasteiger partial charge in [-0.2, -0.15) is 0 Å². The first-order valence-electron chi connectivity index (χ1n) is 7.02. The van der Waals surface area contributed by atoms with Crippen LogP contribution in [0.4, 0.5) is 4.79 Å². The third-order valence-electron chi connectivity index (χ3n) is 4.26. The highest BCUT2D eigenvalue weighted by Crippen LogP contribution is 2.32. The van der Waals surface area contributed by atoms with E-state index in [1.165, 1.54) is 0 Å². The Bertz CT molecular complexity index is 353. The summed E-state index contributed by atoms with van der Waals surface area (Å²) in [5, 5.41) is 15.1. The van der Waals surface area contributed by atoms with Gasteiger partial charge in [0, 0.05) is 13.1 Å².